The molecule has 0 spiro atoms. The first-order valence-electron chi connectivity index (χ1n) is 7.37. The van der Waals surface area contributed by atoms with Crippen molar-refractivity contribution in [2.24, 2.45) is 5.73 Å². The topological polar surface area (TPSA) is 89.2 Å². The number of primary amides is 1. The van der Waals surface area contributed by atoms with E-state index in [2.05, 4.69) is 15.9 Å². The molecule has 0 radical (unpaired) electrons. The highest BCUT2D eigenvalue weighted by atomic mass is 79.9. The number of nitriles is 1. The molecule has 124 valence electrons. The van der Waals surface area contributed by atoms with Gasteiger partial charge < -0.3 is 14.9 Å². The molecule has 3 aromatic rings. The number of ether oxygens (including phenoxy) is 1. The number of hydrogen-bond acceptors (Lipinski definition) is 4. The van der Waals surface area contributed by atoms with Gasteiger partial charge in [0.25, 0.3) is 5.91 Å². The van der Waals surface area contributed by atoms with Gasteiger partial charge in [-0.2, -0.15) is 5.26 Å². The monoisotopic (exact) mass is 396 g/mol. The minimum Gasteiger partial charge on any atom is -0.486 e. The fourth-order valence-corrected chi connectivity index (χ4v) is 2.67. The summed E-state index contributed by atoms with van der Waals surface area (Å²) in [4.78, 5) is 11.0. The molecule has 2 N–H and O–H groups in total. The van der Waals surface area contributed by atoms with Gasteiger partial charge in [-0.1, -0.05) is 28.1 Å². The summed E-state index contributed by atoms with van der Waals surface area (Å²) < 4.78 is 12.3. The number of rotatable bonds is 5. The summed E-state index contributed by atoms with van der Waals surface area (Å²) in [5, 5.41) is 11.0. The smallest absolute Gasteiger partial charge is 0.259 e. The van der Waals surface area contributed by atoms with Gasteiger partial charge in [-0.05, 0) is 47.2 Å². The van der Waals surface area contributed by atoms with Crippen molar-refractivity contribution in [2.45, 2.75) is 6.61 Å². The first-order valence-corrected chi connectivity index (χ1v) is 8.17. The maximum atomic E-state index is 11.0. The fraction of sp³-hybridized carbons (Fsp3) is 0.0526. The second-order valence-electron chi connectivity index (χ2n) is 5.28. The zero-order valence-corrected chi connectivity index (χ0v) is 14.6. The Morgan fingerprint density at radius 1 is 1.20 bits per heavy atom. The lowest BCUT2D eigenvalue weighted by Crippen LogP contribution is -2.12. The first kappa shape index (κ1) is 16.8. The Balaban J connectivity index is 1.71. The minimum absolute atomic E-state index is 0.164. The van der Waals surface area contributed by atoms with Crippen LogP contribution in [0, 0.1) is 11.3 Å². The number of hydrogen-bond donors (Lipinski definition) is 1. The quantitative estimate of drug-likeness (QED) is 0.517. The van der Waals surface area contributed by atoms with Crippen LogP contribution >= 0.6 is 15.9 Å². The van der Waals surface area contributed by atoms with Crippen molar-refractivity contribution < 1.29 is 13.9 Å². The van der Waals surface area contributed by atoms with Gasteiger partial charge in [-0.15, -0.1) is 0 Å². The maximum Gasteiger partial charge on any atom is 0.259 e. The van der Waals surface area contributed by atoms with Gasteiger partial charge >= 0.3 is 0 Å². The molecule has 0 unspecified atom stereocenters. The van der Waals surface area contributed by atoms with E-state index >= 15 is 0 Å². The summed E-state index contributed by atoms with van der Waals surface area (Å²) in [7, 11) is 0. The molecule has 1 amide bonds. The van der Waals surface area contributed by atoms with Gasteiger partial charge in [0.1, 0.15) is 35.5 Å². The third-order valence-electron chi connectivity index (χ3n) is 3.51. The molecule has 3 rings (SSSR count). The predicted octanol–water partition coefficient (Wildman–Crippen LogP) is 4.17. The van der Waals surface area contributed by atoms with Crippen molar-refractivity contribution in [1.82, 2.24) is 0 Å². The second-order valence-corrected chi connectivity index (χ2v) is 6.20. The van der Waals surface area contributed by atoms with Crippen molar-refractivity contribution in [2.75, 3.05) is 0 Å². The zero-order chi connectivity index (χ0) is 17.8. The number of halogens is 1. The van der Waals surface area contributed by atoms with Gasteiger partial charge in [-0.25, -0.2) is 0 Å². The molecule has 25 heavy (non-hydrogen) atoms. The summed E-state index contributed by atoms with van der Waals surface area (Å²) >= 11 is 3.45. The van der Waals surface area contributed by atoms with Crippen LogP contribution in [0.25, 0.3) is 16.8 Å². The molecule has 1 heterocycles. The predicted molar refractivity (Wildman–Crippen MR) is 97.5 cm³/mol. The van der Waals surface area contributed by atoms with Gasteiger partial charge in [0, 0.05) is 10.5 Å². The Labute approximate surface area is 152 Å². The minimum atomic E-state index is -0.792. The molecule has 0 fully saturated rings. The Morgan fingerprint density at radius 3 is 2.72 bits per heavy atom. The van der Waals surface area contributed by atoms with E-state index in [4.69, 9.17) is 20.1 Å². The van der Waals surface area contributed by atoms with E-state index in [0.29, 0.717) is 11.5 Å². The molecule has 0 saturated heterocycles. The number of furan rings is 1. The highest BCUT2D eigenvalue weighted by molar-refractivity contribution is 9.10. The Morgan fingerprint density at radius 2 is 1.96 bits per heavy atom. The molecule has 0 atom stereocenters. The molecule has 0 aliphatic rings. The van der Waals surface area contributed by atoms with Crippen molar-refractivity contribution in [3.05, 3.63) is 70.1 Å². The Bertz CT molecular complexity index is 1010. The number of nitrogens with two attached hydrogens (primary N) is 1. The van der Waals surface area contributed by atoms with Crippen LogP contribution in [0.4, 0.5) is 0 Å². The van der Waals surface area contributed by atoms with Gasteiger partial charge in [-0.3, -0.25) is 4.79 Å². The fourth-order valence-electron chi connectivity index (χ4n) is 2.29. The highest BCUT2D eigenvalue weighted by Gasteiger charge is 2.07. The zero-order valence-electron chi connectivity index (χ0n) is 13.0. The van der Waals surface area contributed by atoms with Crippen molar-refractivity contribution in [1.29, 1.82) is 5.26 Å². The molecule has 0 aliphatic carbocycles. The van der Waals surface area contributed by atoms with Crippen LogP contribution in [0.5, 0.6) is 5.75 Å². The summed E-state index contributed by atoms with van der Waals surface area (Å²) in [6, 6.07) is 16.9. The van der Waals surface area contributed by atoms with Crippen LogP contribution in [0.1, 0.15) is 11.5 Å². The van der Waals surface area contributed by atoms with E-state index in [0.717, 1.165) is 21.0 Å². The number of benzene rings is 2. The van der Waals surface area contributed by atoms with E-state index in [1.54, 1.807) is 18.2 Å². The lowest BCUT2D eigenvalue weighted by molar-refractivity contribution is -0.114. The van der Waals surface area contributed by atoms with E-state index in [-0.39, 0.29) is 12.2 Å². The third-order valence-corrected chi connectivity index (χ3v) is 4.00. The largest absolute Gasteiger partial charge is 0.486 e. The van der Waals surface area contributed by atoms with Crippen molar-refractivity contribution in [3.63, 3.8) is 0 Å². The van der Waals surface area contributed by atoms with Crippen molar-refractivity contribution in [3.8, 4) is 11.8 Å². The van der Waals surface area contributed by atoms with E-state index in [1.807, 2.05) is 36.4 Å². The van der Waals surface area contributed by atoms with Crippen LogP contribution in [0.2, 0.25) is 0 Å². The molecule has 5 nitrogen and oxygen atoms in total. The highest BCUT2D eigenvalue weighted by Crippen LogP contribution is 2.25. The van der Waals surface area contributed by atoms with Crippen molar-refractivity contribution >= 4 is 38.7 Å². The number of fused-ring (bicyclic) bond motifs is 1. The molecule has 2 aromatic carbocycles. The number of amides is 1. The van der Waals surface area contributed by atoms with Gasteiger partial charge in [0.15, 0.2) is 0 Å². The molecular formula is C19H13BrN2O3. The molecule has 6 heteroatoms. The first-order chi connectivity index (χ1) is 12.0. The number of carbonyl (C=O) groups is 1. The third kappa shape index (κ3) is 4.08. The molecule has 0 bridgehead atoms. The molecular weight excluding hydrogens is 384 g/mol. The second kappa shape index (κ2) is 7.24. The standard InChI is InChI=1S/C19H13BrN2O3/c20-15-3-1-13-8-16(4-2-12(13)7-15)24-11-18-6-5-17(25-18)9-14(10-21)19(22)23/h1-9H,11H2,(H2,22,23). The van der Waals surface area contributed by atoms with Crippen LogP contribution in [-0.2, 0) is 11.4 Å². The maximum absolute atomic E-state index is 11.0. The van der Waals surface area contributed by atoms with E-state index in [9.17, 15) is 4.79 Å². The van der Waals surface area contributed by atoms with Gasteiger partial charge in [0.05, 0.1) is 0 Å². The summed E-state index contributed by atoms with van der Waals surface area (Å²) in [5.41, 5.74) is 4.93. The van der Waals surface area contributed by atoms with E-state index < -0.39 is 5.91 Å². The number of nitrogens with zero attached hydrogens (tertiary/aromatic N) is 1. The van der Waals surface area contributed by atoms with Crippen LogP contribution in [0.3, 0.4) is 0 Å². The molecule has 0 aliphatic heterocycles. The average Bonchev–Trinajstić information content (AvgIpc) is 3.05. The summed E-state index contributed by atoms with van der Waals surface area (Å²) in [6.07, 6.45) is 1.31. The van der Waals surface area contributed by atoms with E-state index in [1.165, 1.54) is 6.08 Å². The number of carbonyl (C=O) groups excluding carboxylic acids is 1. The average molecular weight is 397 g/mol. The summed E-state index contributed by atoms with van der Waals surface area (Å²) in [6.45, 7) is 0.230. The van der Waals surface area contributed by atoms with Gasteiger partial charge in [0.2, 0.25) is 0 Å². The van der Waals surface area contributed by atoms with Crippen LogP contribution < -0.4 is 10.5 Å². The molecule has 0 saturated carbocycles. The lowest BCUT2D eigenvalue weighted by atomic mass is 10.1. The van der Waals surface area contributed by atoms with Crippen LogP contribution in [0.15, 0.2) is 63.0 Å². The lowest BCUT2D eigenvalue weighted by Gasteiger charge is -2.06. The Hall–Kier alpha value is -3.04. The normalized spacial score (nSPS) is 11.3. The molecule has 1 aromatic heterocycles. The summed E-state index contributed by atoms with van der Waals surface area (Å²) in [5.74, 6) is 0.874. The van der Waals surface area contributed by atoms with Crippen LogP contribution in [-0.4, -0.2) is 5.91 Å². The SMILES string of the molecule is N#CC(=Cc1ccc(COc2ccc3cc(Br)ccc3c2)o1)C(N)=O. The Kier molecular flexibility index (Phi) is 4.87.